The summed E-state index contributed by atoms with van der Waals surface area (Å²) >= 11 is 0. The average molecular weight is 522 g/mol. The molecule has 0 aliphatic carbocycles. The molecule has 37 heavy (non-hydrogen) atoms. The van der Waals surface area contributed by atoms with E-state index in [4.69, 9.17) is 14.2 Å². The molecule has 4 rings (SSSR count). The standard InChI is InChI=1S/C24H22F4N4O5/c1-3-36-19-7-14(9-29-20(19)33)13-4-5-18(17(25)6-13)32-22(34)31-15-8-16(24(26,27)28)21(30-10-15)37-23(2)11-35-12-23/h4-10H,3,11-12H2,1-2H3,(H,29,33)(H2,31,32,34). The maximum absolute atomic E-state index is 14.7. The lowest BCUT2D eigenvalue weighted by molar-refractivity contribution is -0.162. The van der Waals surface area contributed by atoms with Crippen molar-refractivity contribution in [3.63, 3.8) is 0 Å². The Hall–Kier alpha value is -4.13. The molecule has 3 N–H and O–H groups in total. The van der Waals surface area contributed by atoms with E-state index in [0.29, 0.717) is 17.2 Å². The van der Waals surface area contributed by atoms with Crippen LogP contribution in [0.15, 0.2) is 47.5 Å². The lowest BCUT2D eigenvalue weighted by atomic mass is 10.1. The monoisotopic (exact) mass is 522 g/mol. The van der Waals surface area contributed by atoms with Gasteiger partial charge in [-0.25, -0.2) is 14.2 Å². The highest BCUT2D eigenvalue weighted by molar-refractivity contribution is 6.00. The van der Waals surface area contributed by atoms with Crippen molar-refractivity contribution in [2.45, 2.75) is 25.6 Å². The molecule has 3 aromatic rings. The molecule has 0 spiro atoms. The van der Waals surface area contributed by atoms with Crippen LogP contribution in [0.4, 0.5) is 33.7 Å². The zero-order chi connectivity index (χ0) is 26.8. The van der Waals surface area contributed by atoms with Crippen LogP contribution in [0.25, 0.3) is 11.1 Å². The molecule has 0 radical (unpaired) electrons. The number of nitrogens with one attached hydrogen (secondary N) is 3. The highest BCUT2D eigenvalue weighted by atomic mass is 19.4. The molecule has 13 heteroatoms. The second kappa shape index (κ2) is 10.1. The summed E-state index contributed by atoms with van der Waals surface area (Å²) in [4.78, 5) is 30.4. The molecule has 0 unspecified atom stereocenters. The van der Waals surface area contributed by atoms with Crippen molar-refractivity contribution in [1.82, 2.24) is 9.97 Å². The predicted octanol–water partition coefficient (Wildman–Crippen LogP) is 4.81. The molecular formula is C24H22F4N4O5. The van der Waals surface area contributed by atoms with Crippen LogP contribution in [0, 0.1) is 5.82 Å². The van der Waals surface area contributed by atoms with E-state index < -0.39 is 40.6 Å². The van der Waals surface area contributed by atoms with E-state index in [1.165, 1.54) is 24.4 Å². The number of rotatable bonds is 7. The minimum absolute atomic E-state index is 0.0698. The number of hydrogen-bond donors (Lipinski definition) is 3. The Morgan fingerprint density at radius 3 is 2.57 bits per heavy atom. The van der Waals surface area contributed by atoms with E-state index in [9.17, 15) is 27.2 Å². The fraction of sp³-hybridized carbons (Fsp3) is 0.292. The molecule has 1 saturated heterocycles. The molecule has 3 heterocycles. The number of aromatic amines is 1. The maximum atomic E-state index is 14.7. The van der Waals surface area contributed by atoms with Gasteiger partial charge in [-0.15, -0.1) is 0 Å². The van der Waals surface area contributed by atoms with Gasteiger partial charge in [0.25, 0.3) is 5.56 Å². The molecule has 1 aliphatic rings. The molecule has 2 amide bonds. The summed E-state index contributed by atoms with van der Waals surface area (Å²) in [6.07, 6.45) is -2.42. The minimum atomic E-state index is -4.80. The summed E-state index contributed by atoms with van der Waals surface area (Å²) in [5, 5.41) is 4.45. The van der Waals surface area contributed by atoms with Crippen molar-refractivity contribution >= 4 is 17.4 Å². The minimum Gasteiger partial charge on any atom is -0.488 e. The van der Waals surface area contributed by atoms with Crippen LogP contribution in [-0.4, -0.2) is 41.4 Å². The number of anilines is 2. The van der Waals surface area contributed by atoms with Crippen LogP contribution in [-0.2, 0) is 10.9 Å². The van der Waals surface area contributed by atoms with Crippen LogP contribution in [0.5, 0.6) is 11.6 Å². The Morgan fingerprint density at radius 2 is 1.95 bits per heavy atom. The average Bonchev–Trinajstić information content (AvgIpc) is 2.81. The van der Waals surface area contributed by atoms with Gasteiger partial charge in [0.2, 0.25) is 5.88 Å². The summed E-state index contributed by atoms with van der Waals surface area (Å²) in [6.45, 7) is 3.81. The number of alkyl halides is 3. The first-order valence-electron chi connectivity index (χ1n) is 11.0. The van der Waals surface area contributed by atoms with E-state index >= 15 is 0 Å². The molecule has 9 nitrogen and oxygen atoms in total. The molecule has 1 aliphatic heterocycles. The number of nitrogens with zero attached hydrogens (tertiary/aromatic N) is 1. The van der Waals surface area contributed by atoms with Gasteiger partial charge in [0.05, 0.1) is 37.4 Å². The number of benzene rings is 1. The van der Waals surface area contributed by atoms with Crippen LogP contribution < -0.4 is 25.7 Å². The number of halogens is 4. The Kier molecular flexibility index (Phi) is 7.07. The van der Waals surface area contributed by atoms with Crippen LogP contribution in [0.3, 0.4) is 0 Å². The fourth-order valence-corrected chi connectivity index (χ4v) is 3.46. The predicted molar refractivity (Wildman–Crippen MR) is 125 cm³/mol. The van der Waals surface area contributed by atoms with Gasteiger partial charge in [0.1, 0.15) is 11.4 Å². The van der Waals surface area contributed by atoms with E-state index in [0.717, 1.165) is 12.3 Å². The van der Waals surface area contributed by atoms with Crippen molar-refractivity contribution in [3.05, 3.63) is 64.5 Å². The maximum Gasteiger partial charge on any atom is 0.421 e. The highest BCUT2D eigenvalue weighted by Gasteiger charge is 2.41. The zero-order valence-electron chi connectivity index (χ0n) is 19.7. The fourth-order valence-electron chi connectivity index (χ4n) is 3.46. The Balaban J connectivity index is 1.48. The van der Waals surface area contributed by atoms with Gasteiger partial charge < -0.3 is 29.8 Å². The molecule has 0 saturated carbocycles. The lowest BCUT2D eigenvalue weighted by Crippen LogP contribution is -2.52. The van der Waals surface area contributed by atoms with Crippen molar-refractivity contribution in [3.8, 4) is 22.8 Å². The Morgan fingerprint density at radius 1 is 1.19 bits per heavy atom. The van der Waals surface area contributed by atoms with E-state index in [1.807, 2.05) is 0 Å². The van der Waals surface area contributed by atoms with Crippen LogP contribution in [0.1, 0.15) is 19.4 Å². The topological polar surface area (TPSA) is 115 Å². The summed E-state index contributed by atoms with van der Waals surface area (Å²) in [5.74, 6) is -1.38. The first-order valence-corrected chi connectivity index (χ1v) is 11.0. The normalized spacial score (nSPS) is 14.4. The highest BCUT2D eigenvalue weighted by Crippen LogP contribution is 2.38. The molecule has 196 valence electrons. The number of aromatic nitrogens is 2. The molecule has 1 fully saturated rings. The van der Waals surface area contributed by atoms with Crippen molar-refractivity contribution in [1.29, 1.82) is 0 Å². The summed E-state index contributed by atoms with van der Waals surface area (Å²) in [6, 6.07) is 5.02. The van der Waals surface area contributed by atoms with Crippen LogP contribution >= 0.6 is 0 Å². The van der Waals surface area contributed by atoms with Gasteiger partial charge in [-0.3, -0.25) is 4.79 Å². The zero-order valence-corrected chi connectivity index (χ0v) is 19.7. The smallest absolute Gasteiger partial charge is 0.421 e. The van der Waals surface area contributed by atoms with Gasteiger partial charge in [-0.2, -0.15) is 13.2 Å². The second-order valence-corrected chi connectivity index (χ2v) is 8.41. The van der Waals surface area contributed by atoms with Crippen LogP contribution in [0.2, 0.25) is 0 Å². The van der Waals surface area contributed by atoms with E-state index in [2.05, 4.69) is 20.6 Å². The first-order chi connectivity index (χ1) is 17.5. The summed E-state index contributed by atoms with van der Waals surface area (Å²) in [5.41, 5.74) is -2.19. The van der Waals surface area contributed by atoms with Gasteiger partial charge in [-0.05, 0) is 43.7 Å². The van der Waals surface area contributed by atoms with Crippen molar-refractivity contribution in [2.24, 2.45) is 0 Å². The van der Waals surface area contributed by atoms with Crippen molar-refractivity contribution in [2.75, 3.05) is 30.5 Å². The quantitative estimate of drug-likeness (QED) is 0.384. The molecular weight excluding hydrogens is 500 g/mol. The summed E-state index contributed by atoms with van der Waals surface area (Å²) in [7, 11) is 0. The SMILES string of the molecule is CCOc1cc(-c2ccc(NC(=O)Nc3cnc(OC4(C)COC4)c(C(F)(F)F)c3)c(F)c2)c[nH]c1=O. The largest absolute Gasteiger partial charge is 0.488 e. The number of hydrogen-bond acceptors (Lipinski definition) is 6. The Labute approximate surface area is 207 Å². The molecule has 0 atom stereocenters. The van der Waals surface area contributed by atoms with Gasteiger partial charge in [0.15, 0.2) is 11.4 Å². The number of amides is 2. The number of pyridine rings is 2. The third-order valence-electron chi connectivity index (χ3n) is 5.29. The third-order valence-corrected chi connectivity index (χ3v) is 5.29. The molecule has 0 bridgehead atoms. The number of carbonyl (C=O) groups is 1. The molecule has 2 aromatic heterocycles. The van der Waals surface area contributed by atoms with Gasteiger partial charge >= 0.3 is 12.2 Å². The van der Waals surface area contributed by atoms with Gasteiger partial charge in [0, 0.05) is 11.8 Å². The number of H-pyrrole nitrogens is 1. The second-order valence-electron chi connectivity index (χ2n) is 8.41. The van der Waals surface area contributed by atoms with E-state index in [-0.39, 0.29) is 36.9 Å². The molecule has 1 aromatic carbocycles. The van der Waals surface area contributed by atoms with Crippen molar-refractivity contribution < 1.29 is 36.6 Å². The van der Waals surface area contributed by atoms with Gasteiger partial charge in [-0.1, -0.05) is 6.07 Å². The van der Waals surface area contributed by atoms with E-state index in [1.54, 1.807) is 13.8 Å². The Bertz CT molecular complexity index is 1370. The first kappa shape index (κ1) is 25.9. The number of ether oxygens (including phenoxy) is 3. The third kappa shape index (κ3) is 6.00. The lowest BCUT2D eigenvalue weighted by Gasteiger charge is -2.38. The number of carbonyl (C=O) groups excluding carboxylic acids is 1. The number of urea groups is 1. The summed E-state index contributed by atoms with van der Waals surface area (Å²) < 4.78 is 71.0.